The van der Waals surface area contributed by atoms with Crippen molar-refractivity contribution in [1.29, 1.82) is 0 Å². The quantitative estimate of drug-likeness (QED) is 0.777. The standard InChI is InChI=1S/C13H19N3O3S.ClH/c1-20(18,19)16-12-5-3-2-4-11(12)15-13(17)10-6-8-14-9-7-10;/h2-5,10,14,16H,6-9H2,1H3,(H,15,17);1H. The maximum atomic E-state index is 12.2. The van der Waals surface area contributed by atoms with Gasteiger partial charge in [-0.2, -0.15) is 0 Å². The van der Waals surface area contributed by atoms with Crippen LogP contribution in [-0.4, -0.2) is 33.7 Å². The first kappa shape index (κ1) is 17.7. The Morgan fingerprint density at radius 3 is 2.33 bits per heavy atom. The monoisotopic (exact) mass is 333 g/mol. The molecule has 21 heavy (non-hydrogen) atoms. The smallest absolute Gasteiger partial charge is 0.229 e. The summed E-state index contributed by atoms with van der Waals surface area (Å²) in [5.74, 6) is -0.0863. The van der Waals surface area contributed by atoms with Gasteiger partial charge in [0.25, 0.3) is 0 Å². The fraction of sp³-hybridized carbons (Fsp3) is 0.462. The van der Waals surface area contributed by atoms with Crippen LogP contribution in [0.1, 0.15) is 12.8 Å². The van der Waals surface area contributed by atoms with Gasteiger partial charge in [-0.05, 0) is 38.1 Å². The summed E-state index contributed by atoms with van der Waals surface area (Å²) in [7, 11) is -3.37. The molecule has 8 heteroatoms. The maximum absolute atomic E-state index is 12.2. The van der Waals surface area contributed by atoms with Gasteiger partial charge in [0.2, 0.25) is 15.9 Å². The SMILES string of the molecule is CS(=O)(=O)Nc1ccccc1NC(=O)C1CCNCC1.Cl. The van der Waals surface area contributed by atoms with E-state index in [2.05, 4.69) is 15.4 Å². The average Bonchev–Trinajstić information content (AvgIpc) is 2.40. The highest BCUT2D eigenvalue weighted by atomic mass is 35.5. The van der Waals surface area contributed by atoms with Crippen molar-refractivity contribution in [1.82, 2.24) is 5.32 Å². The van der Waals surface area contributed by atoms with Crippen molar-refractivity contribution in [2.75, 3.05) is 29.4 Å². The number of amides is 1. The van der Waals surface area contributed by atoms with Crippen LogP contribution in [0.15, 0.2) is 24.3 Å². The van der Waals surface area contributed by atoms with Crippen LogP contribution in [0.5, 0.6) is 0 Å². The van der Waals surface area contributed by atoms with Gasteiger partial charge in [-0.3, -0.25) is 9.52 Å². The molecule has 1 heterocycles. The molecule has 0 aromatic heterocycles. The minimum atomic E-state index is -3.37. The molecule has 0 spiro atoms. The Balaban J connectivity index is 0.00000220. The number of carbonyl (C=O) groups excluding carboxylic acids is 1. The Morgan fingerprint density at radius 1 is 1.19 bits per heavy atom. The highest BCUT2D eigenvalue weighted by molar-refractivity contribution is 7.92. The van der Waals surface area contributed by atoms with E-state index in [0.29, 0.717) is 11.4 Å². The minimum Gasteiger partial charge on any atom is -0.324 e. The maximum Gasteiger partial charge on any atom is 0.229 e. The van der Waals surface area contributed by atoms with Crippen LogP contribution in [0.25, 0.3) is 0 Å². The third kappa shape index (κ3) is 5.53. The normalized spacial score (nSPS) is 15.9. The van der Waals surface area contributed by atoms with Crippen LogP contribution in [0, 0.1) is 5.92 Å². The summed E-state index contributed by atoms with van der Waals surface area (Å²) in [6.07, 6.45) is 2.68. The second-order valence-electron chi connectivity index (χ2n) is 4.93. The van der Waals surface area contributed by atoms with E-state index in [0.717, 1.165) is 32.2 Å². The van der Waals surface area contributed by atoms with Crippen molar-refractivity contribution in [3.8, 4) is 0 Å². The van der Waals surface area contributed by atoms with E-state index < -0.39 is 10.0 Å². The minimum absolute atomic E-state index is 0. The zero-order chi connectivity index (χ0) is 14.6. The van der Waals surface area contributed by atoms with Crippen molar-refractivity contribution in [2.45, 2.75) is 12.8 Å². The summed E-state index contributed by atoms with van der Waals surface area (Å²) in [6, 6.07) is 6.78. The van der Waals surface area contributed by atoms with Crippen LogP contribution in [-0.2, 0) is 14.8 Å². The molecule has 1 fully saturated rings. The number of para-hydroxylation sites is 2. The number of hydrogen-bond acceptors (Lipinski definition) is 4. The molecule has 0 saturated carbocycles. The fourth-order valence-electron chi connectivity index (χ4n) is 2.20. The third-order valence-electron chi connectivity index (χ3n) is 3.19. The van der Waals surface area contributed by atoms with Gasteiger partial charge >= 0.3 is 0 Å². The van der Waals surface area contributed by atoms with Crippen molar-refractivity contribution >= 4 is 39.7 Å². The predicted molar refractivity (Wildman–Crippen MR) is 86.4 cm³/mol. The molecule has 0 aliphatic carbocycles. The lowest BCUT2D eigenvalue weighted by atomic mass is 9.97. The number of halogens is 1. The zero-order valence-electron chi connectivity index (χ0n) is 11.8. The molecule has 6 nitrogen and oxygen atoms in total. The van der Waals surface area contributed by atoms with Gasteiger partial charge in [-0.25, -0.2) is 8.42 Å². The Bertz CT molecular complexity index is 586. The van der Waals surface area contributed by atoms with E-state index in [4.69, 9.17) is 0 Å². The molecule has 0 unspecified atom stereocenters. The molecule has 0 atom stereocenters. The fourth-order valence-corrected chi connectivity index (χ4v) is 2.78. The van der Waals surface area contributed by atoms with E-state index in [-0.39, 0.29) is 24.2 Å². The highest BCUT2D eigenvalue weighted by Crippen LogP contribution is 2.23. The van der Waals surface area contributed by atoms with E-state index in [1.54, 1.807) is 24.3 Å². The molecule has 0 bridgehead atoms. The summed E-state index contributed by atoms with van der Waals surface area (Å²) >= 11 is 0. The van der Waals surface area contributed by atoms with Crippen LogP contribution < -0.4 is 15.4 Å². The Morgan fingerprint density at radius 2 is 1.76 bits per heavy atom. The Hall–Kier alpha value is -1.31. The van der Waals surface area contributed by atoms with Crippen LogP contribution in [0.2, 0.25) is 0 Å². The molecule has 1 amide bonds. The number of carbonyl (C=O) groups is 1. The number of hydrogen-bond donors (Lipinski definition) is 3. The largest absolute Gasteiger partial charge is 0.324 e. The Labute approximate surface area is 131 Å². The molecule has 1 aliphatic heterocycles. The van der Waals surface area contributed by atoms with Gasteiger partial charge in [0.1, 0.15) is 0 Å². The van der Waals surface area contributed by atoms with Crippen molar-refractivity contribution in [3.05, 3.63) is 24.3 Å². The molecule has 1 aromatic rings. The number of piperidine rings is 1. The molecule has 1 aromatic carbocycles. The van der Waals surface area contributed by atoms with Gasteiger partial charge in [0, 0.05) is 5.92 Å². The average molecular weight is 334 g/mol. The molecular formula is C13H20ClN3O3S. The van der Waals surface area contributed by atoms with E-state index in [9.17, 15) is 13.2 Å². The molecule has 3 N–H and O–H groups in total. The molecular weight excluding hydrogens is 314 g/mol. The third-order valence-corrected chi connectivity index (χ3v) is 3.78. The number of rotatable bonds is 4. The predicted octanol–water partition coefficient (Wildman–Crippen LogP) is 1.42. The first-order valence-corrected chi connectivity index (χ1v) is 8.43. The molecule has 2 rings (SSSR count). The van der Waals surface area contributed by atoms with Gasteiger partial charge < -0.3 is 10.6 Å². The van der Waals surface area contributed by atoms with Crippen LogP contribution >= 0.6 is 12.4 Å². The van der Waals surface area contributed by atoms with Gasteiger partial charge in [0.15, 0.2) is 0 Å². The van der Waals surface area contributed by atoms with Gasteiger partial charge in [0.05, 0.1) is 17.6 Å². The second-order valence-corrected chi connectivity index (χ2v) is 6.68. The molecule has 1 aliphatic rings. The summed E-state index contributed by atoms with van der Waals surface area (Å²) in [5, 5.41) is 6.01. The number of benzene rings is 1. The van der Waals surface area contributed by atoms with Gasteiger partial charge in [-0.15, -0.1) is 12.4 Å². The van der Waals surface area contributed by atoms with Crippen LogP contribution in [0.4, 0.5) is 11.4 Å². The Kier molecular flexibility index (Phi) is 6.44. The molecule has 118 valence electrons. The summed E-state index contributed by atoms with van der Waals surface area (Å²) < 4.78 is 25.0. The number of sulfonamides is 1. The first-order chi connectivity index (χ1) is 9.46. The number of anilines is 2. The van der Waals surface area contributed by atoms with E-state index in [1.807, 2.05) is 0 Å². The van der Waals surface area contributed by atoms with E-state index >= 15 is 0 Å². The molecule has 0 radical (unpaired) electrons. The first-order valence-electron chi connectivity index (χ1n) is 6.54. The van der Waals surface area contributed by atoms with Crippen LogP contribution in [0.3, 0.4) is 0 Å². The summed E-state index contributed by atoms with van der Waals surface area (Å²) in [5.41, 5.74) is 0.874. The van der Waals surface area contributed by atoms with Crippen molar-refractivity contribution in [2.24, 2.45) is 5.92 Å². The lowest BCUT2D eigenvalue weighted by molar-refractivity contribution is -0.120. The van der Waals surface area contributed by atoms with Gasteiger partial charge in [-0.1, -0.05) is 12.1 Å². The topological polar surface area (TPSA) is 87.3 Å². The van der Waals surface area contributed by atoms with E-state index in [1.165, 1.54) is 0 Å². The summed E-state index contributed by atoms with van der Waals surface area (Å²) in [6.45, 7) is 1.67. The number of nitrogens with one attached hydrogen (secondary N) is 3. The summed E-state index contributed by atoms with van der Waals surface area (Å²) in [4.78, 5) is 12.2. The zero-order valence-corrected chi connectivity index (χ0v) is 13.4. The second kappa shape index (κ2) is 7.63. The van der Waals surface area contributed by atoms with Crippen molar-refractivity contribution < 1.29 is 13.2 Å². The lowest BCUT2D eigenvalue weighted by Gasteiger charge is -2.22. The highest BCUT2D eigenvalue weighted by Gasteiger charge is 2.21. The van der Waals surface area contributed by atoms with Crippen molar-refractivity contribution in [3.63, 3.8) is 0 Å². The lowest BCUT2D eigenvalue weighted by Crippen LogP contribution is -2.34. The molecule has 1 saturated heterocycles.